The topological polar surface area (TPSA) is 76.3 Å². The molecule has 6 nitrogen and oxygen atoms in total. The Morgan fingerprint density at radius 2 is 2.04 bits per heavy atom. The van der Waals surface area contributed by atoms with Gasteiger partial charge >= 0.3 is 0 Å². The van der Waals surface area contributed by atoms with Gasteiger partial charge in [0.25, 0.3) is 11.5 Å². The minimum atomic E-state index is -0.378. The largest absolute Gasteiger partial charge is 0.292 e. The van der Waals surface area contributed by atoms with Gasteiger partial charge in [-0.25, -0.2) is 10.1 Å². The molecule has 0 unspecified atom stereocenters. The average Bonchev–Trinajstić information content (AvgIpc) is 2.60. The van der Waals surface area contributed by atoms with Crippen molar-refractivity contribution in [2.75, 3.05) is 0 Å². The number of nitrogens with one attached hydrogen (secondary N) is 1. The van der Waals surface area contributed by atoms with Crippen LogP contribution in [0.5, 0.6) is 0 Å². The summed E-state index contributed by atoms with van der Waals surface area (Å²) in [5.41, 5.74) is 3.71. The predicted octanol–water partition coefficient (Wildman–Crippen LogP) is 3.27. The summed E-state index contributed by atoms with van der Waals surface area (Å²) in [4.78, 5) is 25.2. The Labute approximate surface area is 146 Å². The van der Waals surface area contributed by atoms with E-state index in [1.165, 1.54) is 11.1 Å². The zero-order valence-corrected chi connectivity index (χ0v) is 15.0. The molecule has 1 aliphatic carbocycles. The number of fused-ring (bicyclic) bond motifs is 1. The molecule has 1 amide bonds. The molecule has 3 rings (SSSR count). The molecule has 0 radical (unpaired) electrons. The number of hydrazone groups is 1. The molecule has 1 aliphatic rings. The number of benzene rings is 1. The number of rotatable bonds is 3. The number of hydrogen-bond donors (Lipinski definition) is 1. The van der Waals surface area contributed by atoms with Crippen molar-refractivity contribution in [3.8, 4) is 0 Å². The maximum absolute atomic E-state index is 12.7. The number of nitrogens with zero attached hydrogens (tertiary/aromatic N) is 3. The zero-order chi connectivity index (χ0) is 18.0. The lowest BCUT2D eigenvalue weighted by atomic mass is 9.89. The van der Waals surface area contributed by atoms with Crippen molar-refractivity contribution in [3.63, 3.8) is 0 Å². The summed E-state index contributed by atoms with van der Waals surface area (Å²) >= 11 is 0. The van der Waals surface area contributed by atoms with E-state index in [-0.39, 0.29) is 23.2 Å². The van der Waals surface area contributed by atoms with Gasteiger partial charge in [-0.2, -0.15) is 10.2 Å². The highest BCUT2D eigenvalue weighted by molar-refractivity contribution is 6.05. The van der Waals surface area contributed by atoms with Crippen LogP contribution in [-0.2, 0) is 0 Å². The molecule has 1 saturated carbocycles. The van der Waals surface area contributed by atoms with E-state index < -0.39 is 0 Å². The third kappa shape index (κ3) is 3.62. The second kappa shape index (κ2) is 7.17. The first-order chi connectivity index (χ1) is 12.0. The average molecular weight is 340 g/mol. The van der Waals surface area contributed by atoms with Crippen LogP contribution in [0.25, 0.3) is 10.8 Å². The minimum absolute atomic E-state index is 0.130. The van der Waals surface area contributed by atoms with E-state index in [2.05, 4.69) is 22.5 Å². The van der Waals surface area contributed by atoms with Crippen molar-refractivity contribution in [2.24, 2.45) is 11.0 Å². The summed E-state index contributed by atoms with van der Waals surface area (Å²) in [5, 5.41) is 9.66. The Balaban J connectivity index is 1.97. The van der Waals surface area contributed by atoms with Crippen LogP contribution in [0.3, 0.4) is 0 Å². The standard InChI is InChI=1S/C19H24N4O2/c1-12(2)23-19(25)16-10-5-4-9-15(16)17(22-23)18(24)21-20-14-8-6-7-13(3)11-14/h4-5,9-10,12-13H,6-8,11H2,1-3H3,(H,21,24)/b20-14-/t13-/m1/s1. The summed E-state index contributed by atoms with van der Waals surface area (Å²) in [6, 6.07) is 6.94. The van der Waals surface area contributed by atoms with Gasteiger partial charge in [0.2, 0.25) is 0 Å². The first-order valence-corrected chi connectivity index (χ1v) is 8.84. The van der Waals surface area contributed by atoms with Crippen LogP contribution in [0, 0.1) is 5.92 Å². The van der Waals surface area contributed by atoms with Crippen LogP contribution in [0.1, 0.15) is 63.0 Å². The third-order valence-corrected chi connectivity index (χ3v) is 4.59. The van der Waals surface area contributed by atoms with Crippen LogP contribution in [0.15, 0.2) is 34.2 Å². The molecule has 25 heavy (non-hydrogen) atoms. The summed E-state index contributed by atoms with van der Waals surface area (Å²) in [6.07, 6.45) is 4.15. The van der Waals surface area contributed by atoms with Gasteiger partial charge in [-0.3, -0.25) is 9.59 Å². The van der Waals surface area contributed by atoms with Crippen LogP contribution >= 0.6 is 0 Å². The molecule has 1 aromatic heterocycles. The lowest BCUT2D eigenvalue weighted by molar-refractivity contribution is 0.0948. The molecule has 0 saturated heterocycles. The SMILES string of the molecule is CC(C)n1nc(C(=O)N/N=C2/CCC[C@@H](C)C2)c2ccccc2c1=O. The Bertz CT molecular complexity index is 883. The molecule has 0 bridgehead atoms. The van der Waals surface area contributed by atoms with Gasteiger partial charge in [-0.1, -0.05) is 25.1 Å². The maximum Gasteiger partial charge on any atom is 0.292 e. The monoisotopic (exact) mass is 340 g/mol. The lowest BCUT2D eigenvalue weighted by Crippen LogP contribution is -2.30. The molecule has 132 valence electrons. The molecule has 0 spiro atoms. The highest BCUT2D eigenvalue weighted by Crippen LogP contribution is 2.21. The number of hydrogen-bond acceptors (Lipinski definition) is 4. The van der Waals surface area contributed by atoms with E-state index >= 15 is 0 Å². The number of amides is 1. The van der Waals surface area contributed by atoms with E-state index in [4.69, 9.17) is 0 Å². The fourth-order valence-corrected chi connectivity index (χ4v) is 3.27. The second-order valence-electron chi connectivity index (χ2n) is 7.06. The quantitative estimate of drug-likeness (QED) is 0.871. The molecule has 1 heterocycles. The van der Waals surface area contributed by atoms with Crippen molar-refractivity contribution in [2.45, 2.75) is 52.5 Å². The molecule has 6 heteroatoms. The van der Waals surface area contributed by atoms with Crippen molar-refractivity contribution >= 4 is 22.4 Å². The Morgan fingerprint density at radius 1 is 1.32 bits per heavy atom. The molecular formula is C19H24N4O2. The molecule has 1 fully saturated rings. The van der Waals surface area contributed by atoms with Gasteiger partial charge in [-0.15, -0.1) is 0 Å². The van der Waals surface area contributed by atoms with Crippen molar-refractivity contribution < 1.29 is 4.79 Å². The van der Waals surface area contributed by atoms with E-state index in [9.17, 15) is 9.59 Å². The van der Waals surface area contributed by atoms with Crippen molar-refractivity contribution in [3.05, 3.63) is 40.3 Å². The number of carbonyl (C=O) groups is 1. The van der Waals surface area contributed by atoms with Crippen LogP contribution in [0.2, 0.25) is 0 Å². The summed E-state index contributed by atoms with van der Waals surface area (Å²) in [7, 11) is 0. The second-order valence-corrected chi connectivity index (χ2v) is 7.06. The van der Waals surface area contributed by atoms with Gasteiger partial charge in [0, 0.05) is 11.1 Å². The van der Waals surface area contributed by atoms with Crippen LogP contribution < -0.4 is 11.0 Å². The minimum Gasteiger partial charge on any atom is -0.267 e. The summed E-state index contributed by atoms with van der Waals surface area (Å²) < 4.78 is 1.35. The number of aromatic nitrogens is 2. The van der Waals surface area contributed by atoms with Crippen molar-refractivity contribution in [1.29, 1.82) is 0 Å². The van der Waals surface area contributed by atoms with Gasteiger partial charge in [0.15, 0.2) is 5.69 Å². The first-order valence-electron chi connectivity index (χ1n) is 8.84. The van der Waals surface area contributed by atoms with Gasteiger partial charge < -0.3 is 0 Å². The summed E-state index contributed by atoms with van der Waals surface area (Å²) in [5.74, 6) is 0.225. The molecule has 0 aliphatic heterocycles. The van der Waals surface area contributed by atoms with E-state index in [0.29, 0.717) is 16.7 Å². The highest BCUT2D eigenvalue weighted by atomic mass is 16.2. The smallest absolute Gasteiger partial charge is 0.267 e. The summed E-state index contributed by atoms with van der Waals surface area (Å²) in [6.45, 7) is 5.94. The molecule has 2 aromatic rings. The van der Waals surface area contributed by atoms with E-state index in [1.807, 2.05) is 13.8 Å². The maximum atomic E-state index is 12.7. The normalized spacial score (nSPS) is 19.5. The highest BCUT2D eigenvalue weighted by Gasteiger charge is 2.19. The lowest BCUT2D eigenvalue weighted by Gasteiger charge is -2.19. The van der Waals surface area contributed by atoms with Crippen LogP contribution in [0.4, 0.5) is 0 Å². The first kappa shape index (κ1) is 17.3. The third-order valence-electron chi connectivity index (χ3n) is 4.59. The molecule has 1 atom stereocenters. The van der Waals surface area contributed by atoms with Gasteiger partial charge in [0.05, 0.1) is 11.4 Å². The molecular weight excluding hydrogens is 316 g/mol. The van der Waals surface area contributed by atoms with E-state index in [1.54, 1.807) is 24.3 Å². The van der Waals surface area contributed by atoms with E-state index in [0.717, 1.165) is 25.0 Å². The molecule has 1 aromatic carbocycles. The van der Waals surface area contributed by atoms with Gasteiger partial charge in [-0.05, 0) is 51.5 Å². The zero-order valence-electron chi connectivity index (χ0n) is 15.0. The fraction of sp³-hybridized carbons (Fsp3) is 0.474. The predicted molar refractivity (Wildman–Crippen MR) is 98.9 cm³/mol. The van der Waals surface area contributed by atoms with Crippen LogP contribution in [-0.4, -0.2) is 21.4 Å². The number of carbonyl (C=O) groups excluding carboxylic acids is 1. The fourth-order valence-electron chi connectivity index (χ4n) is 3.27. The Hall–Kier alpha value is -2.50. The molecule has 1 N–H and O–H groups in total. The van der Waals surface area contributed by atoms with Gasteiger partial charge in [0.1, 0.15) is 0 Å². The Morgan fingerprint density at radius 3 is 2.72 bits per heavy atom. The Kier molecular flexibility index (Phi) is 4.97. The van der Waals surface area contributed by atoms with Crippen molar-refractivity contribution in [1.82, 2.24) is 15.2 Å².